The molecule has 0 aliphatic carbocycles. The minimum atomic E-state index is 0.0455. The second-order valence-corrected chi connectivity index (χ2v) is 4.77. The van der Waals surface area contributed by atoms with Crippen molar-refractivity contribution in [2.75, 3.05) is 33.0 Å². The molecule has 2 aliphatic heterocycles. The standard InChI is InChI=1S/C12H23NO3/c13-5-1-6-15-11-2-7-16-12(10-11)3-8-14-9-4-12/h11H,1-10,13H2. The van der Waals surface area contributed by atoms with E-state index in [-0.39, 0.29) is 5.60 Å². The molecule has 4 heteroatoms. The largest absolute Gasteiger partial charge is 0.381 e. The highest BCUT2D eigenvalue weighted by Crippen LogP contribution is 2.35. The average Bonchev–Trinajstić information content (AvgIpc) is 2.31. The lowest BCUT2D eigenvalue weighted by Crippen LogP contribution is -2.46. The van der Waals surface area contributed by atoms with Crippen LogP contribution in [-0.2, 0) is 14.2 Å². The van der Waals surface area contributed by atoms with Crippen molar-refractivity contribution in [3.05, 3.63) is 0 Å². The van der Waals surface area contributed by atoms with Crippen molar-refractivity contribution < 1.29 is 14.2 Å². The zero-order valence-electron chi connectivity index (χ0n) is 9.95. The van der Waals surface area contributed by atoms with E-state index in [1.54, 1.807) is 0 Å². The summed E-state index contributed by atoms with van der Waals surface area (Å²) in [5.41, 5.74) is 5.50. The van der Waals surface area contributed by atoms with E-state index in [4.69, 9.17) is 19.9 Å². The Hall–Kier alpha value is -0.160. The maximum absolute atomic E-state index is 5.96. The Morgan fingerprint density at radius 2 is 2.06 bits per heavy atom. The predicted octanol–water partition coefficient (Wildman–Crippen LogP) is 1.08. The van der Waals surface area contributed by atoms with Gasteiger partial charge in [-0.05, 0) is 32.2 Å². The van der Waals surface area contributed by atoms with E-state index < -0.39 is 0 Å². The molecule has 0 aromatic rings. The molecule has 0 bridgehead atoms. The lowest BCUT2D eigenvalue weighted by atomic mass is 9.85. The van der Waals surface area contributed by atoms with Crippen LogP contribution < -0.4 is 5.73 Å². The fraction of sp³-hybridized carbons (Fsp3) is 1.00. The van der Waals surface area contributed by atoms with Crippen molar-refractivity contribution >= 4 is 0 Å². The van der Waals surface area contributed by atoms with E-state index >= 15 is 0 Å². The highest BCUT2D eigenvalue weighted by molar-refractivity contribution is 4.89. The normalized spacial score (nSPS) is 29.4. The lowest BCUT2D eigenvalue weighted by Gasteiger charge is -2.43. The van der Waals surface area contributed by atoms with Crippen molar-refractivity contribution in [2.45, 2.75) is 43.8 Å². The van der Waals surface area contributed by atoms with Crippen LogP contribution in [0.25, 0.3) is 0 Å². The summed E-state index contributed by atoms with van der Waals surface area (Å²) in [4.78, 5) is 0. The molecule has 1 atom stereocenters. The molecule has 0 radical (unpaired) electrons. The Kier molecular flexibility index (Phi) is 4.58. The Morgan fingerprint density at radius 1 is 1.25 bits per heavy atom. The van der Waals surface area contributed by atoms with Gasteiger partial charge in [0.1, 0.15) is 0 Å². The van der Waals surface area contributed by atoms with Crippen molar-refractivity contribution in [3.63, 3.8) is 0 Å². The van der Waals surface area contributed by atoms with Gasteiger partial charge in [-0.2, -0.15) is 0 Å². The Balaban J connectivity index is 1.78. The maximum atomic E-state index is 5.96. The molecule has 1 spiro atoms. The molecule has 16 heavy (non-hydrogen) atoms. The second kappa shape index (κ2) is 5.96. The van der Waals surface area contributed by atoms with Crippen LogP contribution in [0.2, 0.25) is 0 Å². The first kappa shape index (κ1) is 12.3. The number of rotatable bonds is 4. The molecule has 2 saturated heterocycles. The molecule has 0 aromatic heterocycles. The van der Waals surface area contributed by atoms with Crippen LogP contribution in [0.1, 0.15) is 32.1 Å². The predicted molar refractivity (Wildman–Crippen MR) is 61.4 cm³/mol. The average molecular weight is 229 g/mol. The van der Waals surface area contributed by atoms with Crippen molar-refractivity contribution in [3.8, 4) is 0 Å². The first-order chi connectivity index (χ1) is 7.85. The van der Waals surface area contributed by atoms with Crippen molar-refractivity contribution in [2.24, 2.45) is 5.73 Å². The molecule has 2 fully saturated rings. The van der Waals surface area contributed by atoms with Crippen LogP contribution in [0.3, 0.4) is 0 Å². The molecular weight excluding hydrogens is 206 g/mol. The van der Waals surface area contributed by atoms with Crippen LogP contribution in [0.15, 0.2) is 0 Å². The molecule has 1 unspecified atom stereocenters. The van der Waals surface area contributed by atoms with Gasteiger partial charge < -0.3 is 19.9 Å². The second-order valence-electron chi connectivity index (χ2n) is 4.77. The molecule has 0 saturated carbocycles. The molecule has 4 nitrogen and oxygen atoms in total. The molecule has 0 amide bonds. The highest BCUT2D eigenvalue weighted by atomic mass is 16.5. The number of nitrogens with two attached hydrogens (primary N) is 1. The number of hydrogen-bond acceptors (Lipinski definition) is 4. The van der Waals surface area contributed by atoms with E-state index in [1.807, 2.05) is 0 Å². The van der Waals surface area contributed by atoms with E-state index in [0.717, 1.165) is 58.5 Å². The highest BCUT2D eigenvalue weighted by Gasteiger charge is 2.39. The fourth-order valence-electron chi connectivity index (χ4n) is 2.55. The molecule has 2 aliphatic rings. The summed E-state index contributed by atoms with van der Waals surface area (Å²) in [6.45, 7) is 3.98. The van der Waals surface area contributed by atoms with E-state index in [0.29, 0.717) is 12.6 Å². The molecule has 0 aromatic carbocycles. The molecule has 2 heterocycles. The van der Waals surface area contributed by atoms with Gasteiger partial charge in [-0.15, -0.1) is 0 Å². The van der Waals surface area contributed by atoms with Gasteiger partial charge in [0.15, 0.2) is 0 Å². The van der Waals surface area contributed by atoms with Crippen LogP contribution in [0.5, 0.6) is 0 Å². The molecule has 2 N–H and O–H groups in total. The van der Waals surface area contributed by atoms with Gasteiger partial charge in [0.05, 0.1) is 11.7 Å². The van der Waals surface area contributed by atoms with Gasteiger partial charge in [0, 0.05) is 32.8 Å². The summed E-state index contributed by atoms with van der Waals surface area (Å²) in [7, 11) is 0. The Labute approximate surface area is 97.4 Å². The lowest BCUT2D eigenvalue weighted by molar-refractivity contribution is -0.169. The summed E-state index contributed by atoms with van der Waals surface area (Å²) >= 11 is 0. The zero-order valence-corrected chi connectivity index (χ0v) is 9.95. The van der Waals surface area contributed by atoms with E-state index in [2.05, 4.69) is 0 Å². The first-order valence-corrected chi connectivity index (χ1v) is 6.38. The summed E-state index contributed by atoms with van der Waals surface area (Å²) in [5, 5.41) is 0. The van der Waals surface area contributed by atoms with Crippen LogP contribution in [0, 0.1) is 0 Å². The Morgan fingerprint density at radius 3 is 2.81 bits per heavy atom. The SMILES string of the molecule is NCCCOC1CCOC2(CCOCC2)C1. The molecule has 94 valence electrons. The first-order valence-electron chi connectivity index (χ1n) is 6.38. The molecular formula is C12H23NO3. The third-order valence-corrected chi connectivity index (χ3v) is 3.55. The third kappa shape index (κ3) is 3.17. The fourth-order valence-corrected chi connectivity index (χ4v) is 2.55. The minimum absolute atomic E-state index is 0.0455. The van der Waals surface area contributed by atoms with Crippen LogP contribution in [0.4, 0.5) is 0 Å². The summed E-state index contributed by atoms with van der Waals surface area (Å²) < 4.78 is 17.2. The molecule has 2 rings (SSSR count). The smallest absolute Gasteiger partial charge is 0.0751 e. The van der Waals surface area contributed by atoms with Crippen LogP contribution >= 0.6 is 0 Å². The van der Waals surface area contributed by atoms with Crippen molar-refractivity contribution in [1.82, 2.24) is 0 Å². The number of hydrogen-bond donors (Lipinski definition) is 1. The van der Waals surface area contributed by atoms with Gasteiger partial charge in [0.25, 0.3) is 0 Å². The quantitative estimate of drug-likeness (QED) is 0.733. The van der Waals surface area contributed by atoms with E-state index in [1.165, 1.54) is 0 Å². The summed E-state index contributed by atoms with van der Waals surface area (Å²) in [5.74, 6) is 0. The van der Waals surface area contributed by atoms with Gasteiger partial charge in [-0.3, -0.25) is 0 Å². The summed E-state index contributed by atoms with van der Waals surface area (Å²) in [6.07, 6.45) is 5.40. The van der Waals surface area contributed by atoms with Crippen molar-refractivity contribution in [1.29, 1.82) is 0 Å². The minimum Gasteiger partial charge on any atom is -0.381 e. The maximum Gasteiger partial charge on any atom is 0.0751 e. The Bertz CT molecular complexity index is 199. The monoisotopic (exact) mass is 229 g/mol. The van der Waals surface area contributed by atoms with Gasteiger partial charge in [-0.1, -0.05) is 0 Å². The summed E-state index contributed by atoms with van der Waals surface area (Å²) in [6, 6.07) is 0. The van der Waals surface area contributed by atoms with Gasteiger partial charge >= 0.3 is 0 Å². The van der Waals surface area contributed by atoms with E-state index in [9.17, 15) is 0 Å². The van der Waals surface area contributed by atoms with Gasteiger partial charge in [-0.25, -0.2) is 0 Å². The van der Waals surface area contributed by atoms with Crippen LogP contribution in [-0.4, -0.2) is 44.7 Å². The topological polar surface area (TPSA) is 53.7 Å². The number of ether oxygens (including phenoxy) is 3. The zero-order chi connectivity index (χ0) is 11.3. The third-order valence-electron chi connectivity index (χ3n) is 3.55. The van der Waals surface area contributed by atoms with Gasteiger partial charge in [0.2, 0.25) is 0 Å².